The number of amides is 1. The van der Waals surface area contributed by atoms with Gasteiger partial charge < -0.3 is 9.47 Å². The van der Waals surface area contributed by atoms with Crippen molar-refractivity contribution in [2.45, 2.75) is 6.61 Å². The van der Waals surface area contributed by atoms with Crippen LogP contribution >= 0.6 is 24.0 Å². The van der Waals surface area contributed by atoms with Gasteiger partial charge in [0.1, 0.15) is 23.2 Å². The minimum atomic E-state index is -0.510. The van der Waals surface area contributed by atoms with Gasteiger partial charge in [0.2, 0.25) is 0 Å². The van der Waals surface area contributed by atoms with Crippen molar-refractivity contribution in [3.05, 3.63) is 70.6 Å². The van der Waals surface area contributed by atoms with Crippen LogP contribution in [0.2, 0.25) is 0 Å². The highest BCUT2D eigenvalue weighted by molar-refractivity contribution is 8.26. The fraction of sp³-hybridized carbons (Fsp3) is 0.150. The number of thiocarbonyl (C=S) groups is 1. The normalized spacial score (nSPS) is 15.3. The summed E-state index contributed by atoms with van der Waals surface area (Å²) in [6.07, 6.45) is 1.74. The highest BCUT2D eigenvalue weighted by atomic mass is 32.2. The predicted octanol–water partition coefficient (Wildman–Crippen LogP) is 3.64. The van der Waals surface area contributed by atoms with Gasteiger partial charge in [-0.25, -0.2) is 0 Å². The molecule has 0 unspecified atom stereocenters. The monoisotopic (exact) mass is 399 g/mol. The van der Waals surface area contributed by atoms with Crippen LogP contribution in [-0.2, 0) is 20.9 Å². The zero-order chi connectivity index (χ0) is 19.2. The number of esters is 1. The molecule has 0 spiro atoms. The lowest BCUT2D eigenvalue weighted by Gasteiger charge is -2.11. The molecule has 1 heterocycles. The van der Waals surface area contributed by atoms with E-state index in [-0.39, 0.29) is 12.5 Å². The Bertz CT molecular complexity index is 896. The van der Waals surface area contributed by atoms with Crippen molar-refractivity contribution in [1.82, 2.24) is 4.90 Å². The molecule has 1 aliphatic heterocycles. The molecule has 1 amide bonds. The number of hydrogen-bond donors (Lipinski definition) is 0. The first-order valence-electron chi connectivity index (χ1n) is 8.16. The number of nitrogens with zero attached hydrogens (tertiary/aromatic N) is 1. The maximum absolute atomic E-state index is 12.5. The summed E-state index contributed by atoms with van der Waals surface area (Å²) in [6, 6.07) is 17.3. The van der Waals surface area contributed by atoms with Crippen LogP contribution in [-0.4, -0.2) is 34.8 Å². The molecule has 27 heavy (non-hydrogen) atoms. The lowest BCUT2D eigenvalue weighted by molar-refractivity contribution is -0.143. The quantitative estimate of drug-likeness (QED) is 0.420. The summed E-state index contributed by atoms with van der Waals surface area (Å²) in [5.74, 6) is -0.104. The Kier molecular flexibility index (Phi) is 6.26. The van der Waals surface area contributed by atoms with E-state index in [1.54, 1.807) is 6.08 Å². The summed E-state index contributed by atoms with van der Waals surface area (Å²) in [6.45, 7) is 0.282. The Morgan fingerprint density at radius 1 is 1.19 bits per heavy atom. The number of carbonyl (C=O) groups excluding carboxylic acids is 2. The Hall–Kier alpha value is -2.64. The summed E-state index contributed by atoms with van der Waals surface area (Å²) in [5.41, 5.74) is 1.89. The van der Waals surface area contributed by atoms with Crippen LogP contribution in [0.15, 0.2) is 59.5 Å². The largest absolute Gasteiger partial charge is 0.489 e. The number of methoxy groups -OCH3 is 1. The van der Waals surface area contributed by atoms with E-state index in [4.69, 9.17) is 17.0 Å². The second-order valence-corrected chi connectivity index (χ2v) is 7.37. The number of hydrogen-bond acceptors (Lipinski definition) is 6. The number of thioether (sulfide) groups is 1. The highest BCUT2D eigenvalue weighted by Crippen LogP contribution is 2.32. The minimum Gasteiger partial charge on any atom is -0.489 e. The van der Waals surface area contributed by atoms with Crippen LogP contribution in [0, 0.1) is 0 Å². The summed E-state index contributed by atoms with van der Waals surface area (Å²) in [7, 11) is 1.27. The molecule has 0 aromatic heterocycles. The molecule has 0 N–H and O–H groups in total. The molecule has 0 radical (unpaired) electrons. The van der Waals surface area contributed by atoms with Gasteiger partial charge in [-0.3, -0.25) is 14.5 Å². The fourth-order valence-corrected chi connectivity index (χ4v) is 3.67. The van der Waals surface area contributed by atoms with Crippen LogP contribution in [0.3, 0.4) is 0 Å². The first-order valence-corrected chi connectivity index (χ1v) is 9.38. The fourth-order valence-electron chi connectivity index (χ4n) is 2.42. The van der Waals surface area contributed by atoms with Gasteiger partial charge in [0, 0.05) is 0 Å². The first-order chi connectivity index (χ1) is 13.1. The van der Waals surface area contributed by atoms with Gasteiger partial charge in [0.05, 0.1) is 12.0 Å². The van der Waals surface area contributed by atoms with E-state index >= 15 is 0 Å². The summed E-state index contributed by atoms with van der Waals surface area (Å²) in [4.78, 5) is 25.6. The molecular formula is C20H17NO4S2. The molecule has 0 bridgehead atoms. The minimum absolute atomic E-state index is 0.182. The van der Waals surface area contributed by atoms with E-state index in [2.05, 4.69) is 4.74 Å². The maximum atomic E-state index is 12.5. The van der Waals surface area contributed by atoms with Crippen molar-refractivity contribution >= 4 is 46.3 Å². The van der Waals surface area contributed by atoms with Crippen LogP contribution in [0.1, 0.15) is 11.1 Å². The molecule has 2 aromatic carbocycles. The van der Waals surface area contributed by atoms with Gasteiger partial charge in [0.15, 0.2) is 0 Å². The Labute approximate surface area is 167 Å². The summed E-state index contributed by atoms with van der Waals surface area (Å²) < 4.78 is 10.8. The average Bonchev–Trinajstić information content (AvgIpc) is 2.94. The smallest absolute Gasteiger partial charge is 0.325 e. The number of ether oxygens (including phenoxy) is 2. The molecule has 0 atom stereocenters. The van der Waals surface area contributed by atoms with Crippen molar-refractivity contribution in [2.75, 3.05) is 13.7 Å². The van der Waals surface area contributed by atoms with Crippen molar-refractivity contribution in [1.29, 1.82) is 0 Å². The Morgan fingerprint density at radius 2 is 1.96 bits per heavy atom. The molecule has 1 aliphatic rings. The molecule has 138 valence electrons. The zero-order valence-corrected chi connectivity index (χ0v) is 16.2. The third kappa shape index (κ3) is 4.96. The average molecular weight is 399 g/mol. The van der Waals surface area contributed by atoms with Crippen molar-refractivity contribution < 1.29 is 19.1 Å². The second-order valence-electron chi connectivity index (χ2n) is 5.69. The summed E-state index contributed by atoms with van der Waals surface area (Å²) in [5, 5.41) is 0. The second kappa shape index (κ2) is 8.83. The van der Waals surface area contributed by atoms with Crippen LogP contribution in [0.5, 0.6) is 5.75 Å². The van der Waals surface area contributed by atoms with Crippen molar-refractivity contribution in [3.63, 3.8) is 0 Å². The van der Waals surface area contributed by atoms with Gasteiger partial charge >= 0.3 is 5.97 Å². The predicted molar refractivity (Wildman–Crippen MR) is 109 cm³/mol. The standard InChI is InChI=1S/C20H17NO4S2/c1-24-18(22)12-21-19(23)17(27-20(21)26)11-15-8-5-9-16(10-15)25-13-14-6-3-2-4-7-14/h2-11H,12-13H2,1H3/b17-11+. The molecule has 3 rings (SSSR count). The van der Waals surface area contributed by atoms with Crippen LogP contribution < -0.4 is 4.74 Å². The molecule has 7 heteroatoms. The van der Waals surface area contributed by atoms with Gasteiger partial charge in [-0.2, -0.15) is 0 Å². The van der Waals surface area contributed by atoms with Crippen molar-refractivity contribution in [2.24, 2.45) is 0 Å². The third-order valence-electron chi connectivity index (χ3n) is 3.79. The molecule has 1 fully saturated rings. The summed E-state index contributed by atoms with van der Waals surface area (Å²) >= 11 is 6.36. The maximum Gasteiger partial charge on any atom is 0.325 e. The Balaban J connectivity index is 1.70. The van der Waals surface area contributed by atoms with E-state index in [0.29, 0.717) is 21.6 Å². The first kappa shape index (κ1) is 19.1. The van der Waals surface area contributed by atoms with E-state index in [0.717, 1.165) is 11.1 Å². The molecule has 0 saturated carbocycles. The van der Waals surface area contributed by atoms with E-state index in [9.17, 15) is 9.59 Å². The third-order valence-corrected chi connectivity index (χ3v) is 5.17. The molecule has 2 aromatic rings. The Morgan fingerprint density at radius 3 is 2.70 bits per heavy atom. The van der Waals surface area contributed by atoms with Gasteiger partial charge in [0.25, 0.3) is 5.91 Å². The SMILES string of the molecule is COC(=O)CN1C(=O)/C(=C\c2cccc(OCc3ccccc3)c2)SC1=S. The zero-order valence-electron chi connectivity index (χ0n) is 14.6. The van der Waals surface area contributed by atoms with Gasteiger partial charge in [-0.1, -0.05) is 66.4 Å². The molecule has 5 nitrogen and oxygen atoms in total. The topological polar surface area (TPSA) is 55.8 Å². The molecule has 0 aliphatic carbocycles. The number of rotatable bonds is 6. The van der Waals surface area contributed by atoms with E-state index in [1.807, 2.05) is 54.6 Å². The molecular weight excluding hydrogens is 382 g/mol. The number of carbonyl (C=O) groups is 2. The van der Waals surface area contributed by atoms with Gasteiger partial charge in [-0.05, 0) is 29.3 Å². The van der Waals surface area contributed by atoms with Crippen LogP contribution in [0.25, 0.3) is 6.08 Å². The van der Waals surface area contributed by atoms with Crippen molar-refractivity contribution in [3.8, 4) is 5.75 Å². The van der Waals surface area contributed by atoms with E-state index in [1.165, 1.54) is 23.8 Å². The lowest BCUT2D eigenvalue weighted by Crippen LogP contribution is -2.33. The number of benzene rings is 2. The lowest BCUT2D eigenvalue weighted by atomic mass is 10.2. The van der Waals surface area contributed by atoms with Gasteiger partial charge in [-0.15, -0.1) is 0 Å². The van der Waals surface area contributed by atoms with E-state index < -0.39 is 5.97 Å². The van der Waals surface area contributed by atoms with Crippen LogP contribution in [0.4, 0.5) is 0 Å². The highest BCUT2D eigenvalue weighted by Gasteiger charge is 2.33. The molecule has 1 saturated heterocycles.